The van der Waals surface area contributed by atoms with Crippen molar-refractivity contribution in [2.45, 2.75) is 13.5 Å². The Labute approximate surface area is 193 Å². The van der Waals surface area contributed by atoms with Gasteiger partial charge in [0.1, 0.15) is 10.0 Å². The maximum absolute atomic E-state index is 12.8. The Bertz CT molecular complexity index is 1130. The largest absolute Gasteiger partial charge is 0.505 e. The number of benzene rings is 2. The van der Waals surface area contributed by atoms with E-state index in [1.165, 1.54) is 6.07 Å². The Morgan fingerprint density at radius 3 is 2.48 bits per heavy atom. The summed E-state index contributed by atoms with van der Waals surface area (Å²) in [6.45, 7) is 4.12. The van der Waals surface area contributed by atoms with E-state index in [4.69, 9.17) is 34.0 Å². The molecule has 0 fully saturated rings. The van der Waals surface area contributed by atoms with Crippen LogP contribution >= 0.6 is 34.5 Å². The molecule has 0 atom stereocenters. The predicted octanol–water partition coefficient (Wildman–Crippen LogP) is 4.08. The van der Waals surface area contributed by atoms with Crippen LogP contribution in [0.2, 0.25) is 10.0 Å². The average Bonchev–Trinajstić information content (AvgIpc) is 3.10. The highest BCUT2D eigenvalue weighted by Gasteiger charge is 2.23. The summed E-state index contributed by atoms with van der Waals surface area (Å²) in [5.41, 5.74) is 7.01. The van der Waals surface area contributed by atoms with Crippen LogP contribution in [0.4, 0.5) is 5.00 Å². The smallest absolute Gasteiger partial charge is 0.256 e. The number of aromatic hydroxyl groups is 1. The number of phenols is 1. The van der Waals surface area contributed by atoms with Gasteiger partial charge in [-0.3, -0.25) is 14.5 Å². The summed E-state index contributed by atoms with van der Waals surface area (Å²) in [5, 5.41) is 22.3. The van der Waals surface area contributed by atoms with Crippen LogP contribution in [0.3, 0.4) is 0 Å². The summed E-state index contributed by atoms with van der Waals surface area (Å²) in [5.74, 6) is -1.48. The molecule has 0 spiro atoms. The first-order valence-corrected chi connectivity index (χ1v) is 11.0. The molecule has 0 aliphatic rings. The van der Waals surface area contributed by atoms with Crippen LogP contribution in [0, 0.1) is 0 Å². The molecule has 0 radical (unpaired) electrons. The highest BCUT2D eigenvalue weighted by atomic mass is 35.5. The van der Waals surface area contributed by atoms with Crippen LogP contribution in [0.15, 0.2) is 30.3 Å². The number of amides is 2. The third-order valence-electron chi connectivity index (χ3n) is 4.81. The second kappa shape index (κ2) is 9.84. The van der Waals surface area contributed by atoms with Crippen molar-refractivity contribution in [2.24, 2.45) is 5.73 Å². The number of carbonyl (C=O) groups is 2. The van der Waals surface area contributed by atoms with Gasteiger partial charge in [-0.2, -0.15) is 0 Å². The highest BCUT2D eigenvalue weighted by molar-refractivity contribution is 7.24. The Hall–Kier alpha value is -2.36. The van der Waals surface area contributed by atoms with Crippen molar-refractivity contribution < 1.29 is 19.8 Å². The van der Waals surface area contributed by atoms with Crippen molar-refractivity contribution in [3.05, 3.63) is 57.1 Å². The maximum atomic E-state index is 12.8. The molecular weight excluding hydrogens is 461 g/mol. The van der Waals surface area contributed by atoms with Gasteiger partial charge in [-0.15, -0.1) is 11.3 Å². The molecule has 31 heavy (non-hydrogen) atoms. The lowest BCUT2D eigenvalue weighted by molar-refractivity contribution is 0.100. The molecule has 1 aromatic heterocycles. The predicted molar refractivity (Wildman–Crippen MR) is 124 cm³/mol. The minimum atomic E-state index is -0.752. The van der Waals surface area contributed by atoms with Crippen molar-refractivity contribution in [3.63, 3.8) is 0 Å². The first kappa shape index (κ1) is 23.3. The zero-order valence-electron chi connectivity index (χ0n) is 16.6. The number of fused-ring (bicyclic) bond motifs is 1. The summed E-state index contributed by atoms with van der Waals surface area (Å²) < 4.78 is 0.395. The summed E-state index contributed by atoms with van der Waals surface area (Å²) in [6.07, 6.45) is 0. The van der Waals surface area contributed by atoms with Gasteiger partial charge in [-0.25, -0.2) is 0 Å². The Kier molecular flexibility index (Phi) is 7.40. The van der Waals surface area contributed by atoms with Crippen molar-refractivity contribution >= 4 is 61.4 Å². The highest BCUT2D eigenvalue weighted by Crippen LogP contribution is 2.46. The third kappa shape index (κ3) is 4.94. The minimum Gasteiger partial charge on any atom is -0.505 e. The quantitative estimate of drug-likeness (QED) is 0.386. The zero-order valence-corrected chi connectivity index (χ0v) is 18.9. The number of primary amides is 1. The first-order valence-electron chi connectivity index (χ1n) is 9.43. The number of hydrogen-bond acceptors (Lipinski definition) is 6. The number of likely N-dealkylation sites (N-methyl/N-ethyl adjacent to an activating group) is 1. The van der Waals surface area contributed by atoms with Gasteiger partial charge >= 0.3 is 0 Å². The standard InChI is InChI=1S/C21H21Cl2N3O4S/c1-2-26(7-8-27)10-11-3-5-12(6-4-11)20(30)25-21-15(19(24)29)13-9-14(22)17(28)16(23)18(13)31-21/h3-6,9,27-28H,2,7-8,10H2,1H3,(H2,24,29)(H,25,30). The van der Waals surface area contributed by atoms with E-state index >= 15 is 0 Å². The van der Waals surface area contributed by atoms with Crippen LogP contribution in [-0.4, -0.2) is 46.6 Å². The molecule has 0 aliphatic carbocycles. The molecule has 0 unspecified atom stereocenters. The van der Waals surface area contributed by atoms with Crippen molar-refractivity contribution in [2.75, 3.05) is 25.0 Å². The normalized spacial score (nSPS) is 11.3. The van der Waals surface area contributed by atoms with E-state index < -0.39 is 11.8 Å². The fraction of sp³-hybridized carbons (Fsp3) is 0.238. The number of nitrogens with zero attached hydrogens (tertiary/aromatic N) is 1. The van der Waals surface area contributed by atoms with Gasteiger partial charge in [0, 0.05) is 24.0 Å². The second-order valence-electron chi connectivity index (χ2n) is 6.81. The molecule has 0 aliphatic heterocycles. The lowest BCUT2D eigenvalue weighted by Crippen LogP contribution is -2.26. The molecule has 10 heteroatoms. The zero-order chi connectivity index (χ0) is 22.7. The Morgan fingerprint density at radius 2 is 1.90 bits per heavy atom. The fourth-order valence-electron chi connectivity index (χ4n) is 3.17. The Balaban J connectivity index is 1.87. The van der Waals surface area contributed by atoms with E-state index in [1.54, 1.807) is 12.1 Å². The maximum Gasteiger partial charge on any atom is 0.256 e. The lowest BCUT2D eigenvalue weighted by Gasteiger charge is -2.19. The number of rotatable bonds is 8. The van der Waals surface area contributed by atoms with E-state index in [1.807, 2.05) is 19.1 Å². The molecular formula is C21H21Cl2N3O4S. The van der Waals surface area contributed by atoms with Gasteiger partial charge in [0.15, 0.2) is 5.75 Å². The molecule has 2 aromatic carbocycles. The second-order valence-corrected chi connectivity index (χ2v) is 8.62. The molecule has 5 N–H and O–H groups in total. The molecule has 0 saturated heterocycles. The van der Waals surface area contributed by atoms with E-state index in [0.717, 1.165) is 23.4 Å². The number of carbonyl (C=O) groups excluding carboxylic acids is 2. The number of anilines is 1. The molecule has 0 bridgehead atoms. The average molecular weight is 482 g/mol. The number of thiophene rings is 1. The van der Waals surface area contributed by atoms with E-state index in [0.29, 0.717) is 28.7 Å². The van der Waals surface area contributed by atoms with Crippen LogP contribution < -0.4 is 11.1 Å². The first-order chi connectivity index (χ1) is 14.8. The minimum absolute atomic E-state index is 0.0109. The molecule has 3 rings (SSSR count). The summed E-state index contributed by atoms with van der Waals surface area (Å²) in [4.78, 5) is 26.9. The number of halogens is 2. The van der Waals surface area contributed by atoms with Gasteiger partial charge in [0.05, 0.1) is 21.9 Å². The van der Waals surface area contributed by atoms with Crippen molar-refractivity contribution in [1.29, 1.82) is 0 Å². The number of hydrogen-bond donors (Lipinski definition) is 4. The van der Waals surface area contributed by atoms with Gasteiger partial charge < -0.3 is 21.3 Å². The summed E-state index contributed by atoms with van der Waals surface area (Å²) in [7, 11) is 0. The molecule has 0 saturated carbocycles. The van der Waals surface area contributed by atoms with Gasteiger partial charge in [-0.1, -0.05) is 42.3 Å². The van der Waals surface area contributed by atoms with Crippen LogP contribution in [0.1, 0.15) is 33.2 Å². The van der Waals surface area contributed by atoms with E-state index in [-0.39, 0.29) is 33.0 Å². The number of nitrogens with one attached hydrogen (secondary N) is 1. The molecule has 2 amide bonds. The van der Waals surface area contributed by atoms with E-state index in [2.05, 4.69) is 10.2 Å². The third-order valence-corrected chi connectivity index (χ3v) is 6.72. The molecule has 164 valence electrons. The molecule has 3 aromatic rings. The number of phenolic OH excluding ortho intramolecular Hbond substituents is 1. The Morgan fingerprint density at radius 1 is 1.23 bits per heavy atom. The fourth-order valence-corrected chi connectivity index (χ4v) is 4.86. The summed E-state index contributed by atoms with van der Waals surface area (Å²) in [6, 6.07) is 8.44. The van der Waals surface area contributed by atoms with Crippen LogP contribution in [-0.2, 0) is 6.54 Å². The van der Waals surface area contributed by atoms with Crippen LogP contribution in [0.5, 0.6) is 5.75 Å². The van der Waals surface area contributed by atoms with Crippen LogP contribution in [0.25, 0.3) is 10.1 Å². The summed E-state index contributed by atoms with van der Waals surface area (Å²) >= 11 is 13.2. The SMILES string of the molecule is CCN(CCO)Cc1ccc(C(=O)Nc2sc3c(Cl)c(O)c(Cl)cc3c2C(N)=O)cc1. The monoisotopic (exact) mass is 481 g/mol. The molecule has 1 heterocycles. The van der Waals surface area contributed by atoms with E-state index in [9.17, 15) is 14.7 Å². The topological polar surface area (TPSA) is 116 Å². The van der Waals surface area contributed by atoms with Gasteiger partial charge in [0.2, 0.25) is 0 Å². The van der Waals surface area contributed by atoms with Gasteiger partial charge in [0.25, 0.3) is 11.8 Å². The molecule has 7 nitrogen and oxygen atoms in total. The van der Waals surface area contributed by atoms with Crippen molar-refractivity contribution in [1.82, 2.24) is 4.90 Å². The van der Waals surface area contributed by atoms with Crippen molar-refractivity contribution in [3.8, 4) is 5.75 Å². The van der Waals surface area contributed by atoms with Gasteiger partial charge in [-0.05, 0) is 30.3 Å². The number of nitrogens with two attached hydrogens (primary N) is 1. The number of aliphatic hydroxyl groups excluding tert-OH is 1. The number of aliphatic hydroxyl groups is 1. The lowest BCUT2D eigenvalue weighted by atomic mass is 10.1.